The fraction of sp³-hybridized carbons (Fsp3) is 0.241. The van der Waals surface area contributed by atoms with Gasteiger partial charge in [-0.3, -0.25) is 9.59 Å². The van der Waals surface area contributed by atoms with Crippen molar-refractivity contribution in [2.75, 3.05) is 18.5 Å². The summed E-state index contributed by atoms with van der Waals surface area (Å²) in [7, 11) is 0. The Kier molecular flexibility index (Phi) is 10.6. The first-order chi connectivity index (χ1) is 19.6. The number of aromatic nitrogens is 2. The van der Waals surface area contributed by atoms with Crippen molar-refractivity contribution >= 4 is 88.1 Å². The number of nitrogens with one attached hydrogen (secondary N) is 1. The topological polar surface area (TPSA) is 94.8 Å². The van der Waals surface area contributed by atoms with Crippen molar-refractivity contribution in [1.82, 2.24) is 9.66 Å². The molecular formula is C29H26Br3ClN4O4. The number of ether oxygens (including phenoxy) is 2. The molecule has 0 saturated heterocycles. The number of nitrogens with zero attached hydrogens (tertiary/aromatic N) is 3. The molecule has 0 unspecified atom stereocenters. The zero-order valence-electron chi connectivity index (χ0n) is 22.4. The van der Waals surface area contributed by atoms with Gasteiger partial charge in [0.15, 0.2) is 18.1 Å². The molecule has 1 heterocycles. The Morgan fingerprint density at radius 2 is 1.83 bits per heavy atom. The van der Waals surface area contributed by atoms with Gasteiger partial charge in [-0.25, -0.2) is 4.98 Å². The normalized spacial score (nSPS) is 12.1. The van der Waals surface area contributed by atoms with Gasteiger partial charge in [-0.2, -0.15) is 9.78 Å². The van der Waals surface area contributed by atoms with Crippen LogP contribution in [0.15, 0.2) is 71.8 Å². The molecule has 1 atom stereocenters. The van der Waals surface area contributed by atoms with E-state index in [1.807, 2.05) is 32.9 Å². The van der Waals surface area contributed by atoms with E-state index in [4.69, 9.17) is 26.1 Å². The Morgan fingerprint density at radius 3 is 2.51 bits per heavy atom. The lowest BCUT2D eigenvalue weighted by atomic mass is 10.1. The molecule has 41 heavy (non-hydrogen) atoms. The zero-order chi connectivity index (χ0) is 29.7. The SMILES string of the molecule is CCOc1cc(C=Nn2c([C@@H](C)CC)nc3ccc(Br)cc3c2=O)c(Br)c(Br)c1OCC(=O)Nc1ccc(Cl)cc1. The van der Waals surface area contributed by atoms with Gasteiger partial charge in [0, 0.05) is 31.1 Å². The van der Waals surface area contributed by atoms with Crippen LogP contribution >= 0.6 is 59.4 Å². The Hall–Kier alpha value is -2.73. The van der Waals surface area contributed by atoms with Crippen molar-refractivity contribution in [1.29, 1.82) is 0 Å². The molecule has 0 aliphatic rings. The molecule has 0 fully saturated rings. The largest absolute Gasteiger partial charge is 0.490 e. The van der Waals surface area contributed by atoms with Crippen LogP contribution in [-0.4, -0.2) is 35.0 Å². The first-order valence-corrected chi connectivity index (χ1v) is 15.5. The summed E-state index contributed by atoms with van der Waals surface area (Å²) < 4.78 is 15.0. The quantitative estimate of drug-likeness (QED) is 0.165. The highest BCUT2D eigenvalue weighted by molar-refractivity contribution is 9.13. The van der Waals surface area contributed by atoms with E-state index in [9.17, 15) is 9.59 Å². The van der Waals surface area contributed by atoms with E-state index in [1.165, 1.54) is 4.68 Å². The van der Waals surface area contributed by atoms with Gasteiger partial charge in [0.05, 0.1) is 28.2 Å². The van der Waals surface area contributed by atoms with Gasteiger partial charge >= 0.3 is 0 Å². The maximum absolute atomic E-state index is 13.5. The summed E-state index contributed by atoms with van der Waals surface area (Å²) in [4.78, 5) is 30.8. The first-order valence-electron chi connectivity index (χ1n) is 12.7. The van der Waals surface area contributed by atoms with E-state index in [1.54, 1.807) is 42.6 Å². The highest BCUT2D eigenvalue weighted by Crippen LogP contribution is 2.42. The summed E-state index contributed by atoms with van der Waals surface area (Å²) in [5, 5.41) is 8.36. The average Bonchev–Trinajstić information content (AvgIpc) is 2.95. The second-order valence-electron chi connectivity index (χ2n) is 9.00. The van der Waals surface area contributed by atoms with Gasteiger partial charge in [-0.15, -0.1) is 0 Å². The molecule has 0 saturated carbocycles. The molecule has 8 nitrogen and oxygen atoms in total. The van der Waals surface area contributed by atoms with Crippen LogP contribution < -0.4 is 20.3 Å². The van der Waals surface area contributed by atoms with E-state index in [2.05, 4.69) is 58.2 Å². The van der Waals surface area contributed by atoms with Crippen molar-refractivity contribution < 1.29 is 14.3 Å². The molecule has 0 aliphatic carbocycles. The highest BCUT2D eigenvalue weighted by Gasteiger charge is 2.20. The number of carbonyl (C=O) groups excluding carboxylic acids is 1. The van der Waals surface area contributed by atoms with Gasteiger partial charge in [0.1, 0.15) is 5.82 Å². The number of anilines is 1. The van der Waals surface area contributed by atoms with E-state index < -0.39 is 0 Å². The Labute approximate surface area is 267 Å². The molecule has 4 aromatic rings. The predicted octanol–water partition coefficient (Wildman–Crippen LogP) is 8.15. The Bertz CT molecular complexity index is 1680. The smallest absolute Gasteiger partial charge is 0.282 e. The lowest BCUT2D eigenvalue weighted by Crippen LogP contribution is -2.23. The van der Waals surface area contributed by atoms with Crippen molar-refractivity contribution in [2.45, 2.75) is 33.1 Å². The fourth-order valence-electron chi connectivity index (χ4n) is 3.86. The monoisotopic (exact) mass is 766 g/mol. The summed E-state index contributed by atoms with van der Waals surface area (Å²) >= 11 is 16.5. The standard InChI is InChI=1S/C29H26Br3ClN4O4/c1-4-16(3)28-36-22-11-6-18(30)13-21(22)29(39)37(28)34-14-17-12-23(40-5-2)27(26(32)25(17)31)41-15-24(38)35-20-9-7-19(33)8-10-20/h6-14,16H,4-5,15H2,1-3H3,(H,35,38)/t16-/m0/s1. The number of carbonyl (C=O) groups is 1. The zero-order valence-corrected chi connectivity index (χ0v) is 27.9. The van der Waals surface area contributed by atoms with Crippen LogP contribution in [0, 0.1) is 0 Å². The van der Waals surface area contributed by atoms with Crippen LogP contribution in [0.3, 0.4) is 0 Å². The van der Waals surface area contributed by atoms with E-state index >= 15 is 0 Å². The van der Waals surface area contributed by atoms with Gasteiger partial charge in [-0.05, 0) is 93.7 Å². The van der Waals surface area contributed by atoms with Crippen LogP contribution in [0.25, 0.3) is 10.9 Å². The number of hydrogen-bond donors (Lipinski definition) is 1. The third-order valence-corrected chi connectivity index (χ3v) is 9.02. The van der Waals surface area contributed by atoms with Gasteiger partial charge < -0.3 is 14.8 Å². The second-order valence-corrected chi connectivity index (χ2v) is 11.9. The van der Waals surface area contributed by atoms with Crippen molar-refractivity contribution in [3.63, 3.8) is 0 Å². The summed E-state index contributed by atoms with van der Waals surface area (Å²) in [6.07, 6.45) is 2.35. The van der Waals surface area contributed by atoms with E-state index in [0.717, 1.165) is 10.9 Å². The fourth-order valence-corrected chi connectivity index (χ4v) is 5.29. The van der Waals surface area contributed by atoms with Gasteiger partial charge in [0.25, 0.3) is 11.5 Å². The van der Waals surface area contributed by atoms with Gasteiger partial charge in [-0.1, -0.05) is 41.4 Å². The molecule has 0 aliphatic heterocycles. The van der Waals surface area contributed by atoms with Gasteiger partial charge in [0.2, 0.25) is 0 Å². The van der Waals surface area contributed by atoms with Crippen molar-refractivity contribution in [3.05, 3.63) is 88.7 Å². The number of hydrogen-bond acceptors (Lipinski definition) is 6. The summed E-state index contributed by atoms with van der Waals surface area (Å²) in [6.45, 7) is 5.99. The summed E-state index contributed by atoms with van der Waals surface area (Å²) in [5.41, 5.74) is 1.57. The molecule has 0 radical (unpaired) electrons. The third-order valence-electron chi connectivity index (χ3n) is 6.13. The average molecular weight is 770 g/mol. The number of benzene rings is 3. The Morgan fingerprint density at radius 1 is 1.10 bits per heavy atom. The lowest BCUT2D eigenvalue weighted by molar-refractivity contribution is -0.118. The number of amides is 1. The number of rotatable bonds is 10. The van der Waals surface area contributed by atoms with Crippen LogP contribution in [0.2, 0.25) is 5.02 Å². The molecule has 12 heteroatoms. The minimum atomic E-state index is -0.351. The van der Waals surface area contributed by atoms with E-state index in [0.29, 0.717) is 60.1 Å². The molecule has 3 aromatic carbocycles. The predicted molar refractivity (Wildman–Crippen MR) is 174 cm³/mol. The van der Waals surface area contributed by atoms with Crippen LogP contribution in [0.1, 0.15) is 44.5 Å². The number of fused-ring (bicyclic) bond motifs is 1. The van der Waals surface area contributed by atoms with Crippen molar-refractivity contribution in [2.24, 2.45) is 5.10 Å². The molecule has 1 amide bonds. The van der Waals surface area contributed by atoms with Crippen LogP contribution in [0.4, 0.5) is 5.69 Å². The maximum Gasteiger partial charge on any atom is 0.282 e. The Balaban J connectivity index is 1.67. The summed E-state index contributed by atoms with van der Waals surface area (Å²) in [6, 6.07) is 13.9. The molecular weight excluding hydrogens is 744 g/mol. The summed E-state index contributed by atoms with van der Waals surface area (Å²) in [5.74, 6) is 0.957. The molecule has 1 aromatic heterocycles. The van der Waals surface area contributed by atoms with E-state index in [-0.39, 0.29) is 24.0 Å². The highest BCUT2D eigenvalue weighted by atomic mass is 79.9. The molecule has 0 spiro atoms. The minimum absolute atomic E-state index is 0.00291. The maximum atomic E-state index is 13.5. The van der Waals surface area contributed by atoms with Crippen LogP contribution in [-0.2, 0) is 4.79 Å². The third kappa shape index (κ3) is 7.38. The van der Waals surface area contributed by atoms with Crippen LogP contribution in [0.5, 0.6) is 11.5 Å². The minimum Gasteiger partial charge on any atom is -0.490 e. The first kappa shape index (κ1) is 31.2. The molecule has 214 valence electrons. The van der Waals surface area contributed by atoms with Crippen molar-refractivity contribution in [3.8, 4) is 11.5 Å². The number of halogens is 4. The second kappa shape index (κ2) is 14.0. The lowest BCUT2D eigenvalue weighted by Gasteiger charge is -2.17. The molecule has 0 bridgehead atoms. The molecule has 4 rings (SSSR count). The molecule has 1 N–H and O–H groups in total.